The lowest BCUT2D eigenvalue weighted by Crippen LogP contribution is -2.21. The number of nitrogens with one attached hydrogen (secondary N) is 3. The molecule has 3 N–H and O–H groups in total. The third-order valence-corrected chi connectivity index (χ3v) is 7.64. The zero-order chi connectivity index (χ0) is 20.4. The van der Waals surface area contributed by atoms with E-state index in [0.29, 0.717) is 0 Å². The van der Waals surface area contributed by atoms with E-state index in [9.17, 15) is 0 Å². The van der Waals surface area contributed by atoms with Gasteiger partial charge in [0.15, 0.2) is 5.96 Å². The number of hydrogen-bond donors (Lipinski definition) is 3. The van der Waals surface area contributed by atoms with Crippen LogP contribution in [0.2, 0.25) is 0 Å². The summed E-state index contributed by atoms with van der Waals surface area (Å²) in [5.74, 6) is 0.258. The van der Waals surface area contributed by atoms with E-state index >= 15 is 0 Å². The van der Waals surface area contributed by atoms with Crippen molar-refractivity contribution in [3.05, 3.63) is 79.7 Å². The average Bonchev–Trinajstić information content (AvgIpc) is 3.34. The van der Waals surface area contributed by atoms with Crippen molar-refractivity contribution in [2.75, 3.05) is 10.6 Å². The molecule has 0 spiro atoms. The molecule has 6 rings (SSSR count). The second kappa shape index (κ2) is 6.82. The maximum Gasteiger partial charge on any atom is 0.197 e. The molecule has 0 radical (unpaired) electrons. The zero-order valence-corrected chi connectivity index (χ0v) is 19.4. The average molecular weight is 521 g/mol. The normalized spacial score (nSPS) is 13.9. The molecule has 0 fully saturated rings. The Labute approximate surface area is 191 Å². The Kier molecular flexibility index (Phi) is 4.19. The van der Waals surface area contributed by atoms with E-state index in [1.807, 2.05) is 0 Å². The highest BCUT2D eigenvalue weighted by molar-refractivity contribution is 9.11. The second-order valence-corrected chi connectivity index (χ2v) is 9.80. The summed E-state index contributed by atoms with van der Waals surface area (Å²) >= 11 is 7.46. The van der Waals surface area contributed by atoms with Crippen molar-refractivity contribution in [3.63, 3.8) is 0 Å². The Balaban J connectivity index is 1.40. The van der Waals surface area contributed by atoms with Crippen LogP contribution in [0.3, 0.4) is 0 Å². The maximum atomic E-state index is 8.69. The second-order valence-electron chi connectivity index (χ2n) is 8.09. The molecule has 2 aliphatic rings. The molecule has 0 heterocycles. The van der Waals surface area contributed by atoms with Crippen molar-refractivity contribution in [1.29, 1.82) is 5.41 Å². The number of rotatable bonds is 2. The topological polar surface area (TPSA) is 47.9 Å². The molecule has 0 saturated heterocycles. The highest BCUT2D eigenvalue weighted by atomic mass is 79.9. The summed E-state index contributed by atoms with van der Waals surface area (Å²) in [5.41, 5.74) is 7.44. The van der Waals surface area contributed by atoms with Crippen LogP contribution in [0.5, 0.6) is 0 Å². The number of hydrogen-bond acceptors (Lipinski definition) is 1. The molecule has 4 aromatic rings. The predicted molar refractivity (Wildman–Crippen MR) is 133 cm³/mol. The number of anilines is 2. The van der Waals surface area contributed by atoms with E-state index in [1.165, 1.54) is 43.8 Å². The van der Waals surface area contributed by atoms with E-state index in [-0.39, 0.29) is 5.96 Å². The Hall–Kier alpha value is -2.37. The van der Waals surface area contributed by atoms with Gasteiger partial charge >= 0.3 is 0 Å². The number of halogens is 2. The first kappa shape index (κ1) is 18.4. The fourth-order valence-corrected chi connectivity index (χ4v) is 6.29. The molecule has 4 aromatic carbocycles. The van der Waals surface area contributed by atoms with Crippen molar-refractivity contribution in [2.45, 2.75) is 25.7 Å². The Morgan fingerprint density at radius 3 is 1.57 bits per heavy atom. The lowest BCUT2D eigenvalue weighted by Gasteiger charge is -2.18. The van der Waals surface area contributed by atoms with Gasteiger partial charge in [-0.3, -0.25) is 5.41 Å². The van der Waals surface area contributed by atoms with Crippen LogP contribution in [-0.4, -0.2) is 5.96 Å². The van der Waals surface area contributed by atoms with Crippen molar-refractivity contribution in [1.82, 2.24) is 0 Å². The summed E-state index contributed by atoms with van der Waals surface area (Å²) in [7, 11) is 0. The lowest BCUT2D eigenvalue weighted by atomic mass is 10.0. The maximum absolute atomic E-state index is 8.69. The molecule has 0 atom stereocenters. The van der Waals surface area contributed by atoms with Crippen LogP contribution in [0.4, 0.5) is 11.4 Å². The molecule has 5 heteroatoms. The highest BCUT2D eigenvalue weighted by Gasteiger charge is 2.21. The standard InChI is InChI=1S/C25H19Br2N3/c26-19-11-15-9-7-13-3-1-5-17(21(13)15)23(19)29-25(28)30-24-18-6-2-4-14-8-10-16(22(14)18)12-20(24)27/h1-6,11-12H,7-10H2,(H3,28,29,30). The molecule has 30 heavy (non-hydrogen) atoms. The van der Waals surface area contributed by atoms with Gasteiger partial charge in [-0.15, -0.1) is 0 Å². The SMILES string of the molecule is N=C(Nc1c(Br)cc2c3c(cccc13)CC2)Nc1c(Br)cc2c3c(cccc13)CC2. The Bertz CT molecular complexity index is 1290. The largest absolute Gasteiger partial charge is 0.325 e. The van der Waals surface area contributed by atoms with Crippen LogP contribution < -0.4 is 10.6 Å². The van der Waals surface area contributed by atoms with Crippen LogP contribution in [0.25, 0.3) is 21.5 Å². The summed E-state index contributed by atoms with van der Waals surface area (Å²) in [5, 5.41) is 20.3. The first-order valence-electron chi connectivity index (χ1n) is 10.2. The van der Waals surface area contributed by atoms with Crippen LogP contribution >= 0.6 is 31.9 Å². The van der Waals surface area contributed by atoms with E-state index in [4.69, 9.17) is 5.41 Å². The Morgan fingerprint density at radius 1 is 0.667 bits per heavy atom. The smallest absolute Gasteiger partial charge is 0.197 e. The molecule has 0 aromatic heterocycles. The van der Waals surface area contributed by atoms with Crippen molar-refractivity contribution in [3.8, 4) is 0 Å². The minimum absolute atomic E-state index is 0.258. The lowest BCUT2D eigenvalue weighted by molar-refractivity contribution is 1.02. The van der Waals surface area contributed by atoms with Gasteiger partial charge in [-0.25, -0.2) is 0 Å². The van der Waals surface area contributed by atoms with Gasteiger partial charge in [-0.1, -0.05) is 36.4 Å². The van der Waals surface area contributed by atoms with E-state index < -0.39 is 0 Å². The quantitative estimate of drug-likeness (QED) is 0.194. The molecule has 0 amide bonds. The van der Waals surface area contributed by atoms with E-state index in [2.05, 4.69) is 91.0 Å². The molecule has 0 bridgehead atoms. The molecule has 0 saturated carbocycles. The van der Waals surface area contributed by atoms with Gasteiger partial charge < -0.3 is 10.6 Å². The Morgan fingerprint density at radius 2 is 1.10 bits per heavy atom. The third kappa shape index (κ3) is 2.72. The van der Waals surface area contributed by atoms with Crippen LogP contribution in [0.15, 0.2) is 57.5 Å². The van der Waals surface area contributed by atoms with E-state index in [1.54, 1.807) is 0 Å². The summed E-state index contributed by atoms with van der Waals surface area (Å²) in [6.45, 7) is 0. The molecular formula is C25H19Br2N3. The van der Waals surface area contributed by atoms with Gasteiger partial charge in [0, 0.05) is 19.7 Å². The van der Waals surface area contributed by atoms with Gasteiger partial charge in [-0.05, 0) is 103 Å². The van der Waals surface area contributed by atoms with Gasteiger partial charge in [0.05, 0.1) is 11.4 Å². The van der Waals surface area contributed by atoms with Crippen LogP contribution in [0, 0.1) is 5.41 Å². The predicted octanol–water partition coefficient (Wildman–Crippen LogP) is 7.17. The highest BCUT2D eigenvalue weighted by Crippen LogP contribution is 2.41. The molecule has 0 aliphatic heterocycles. The molecule has 3 nitrogen and oxygen atoms in total. The first-order chi connectivity index (χ1) is 14.6. The third-order valence-electron chi connectivity index (χ3n) is 6.39. The fraction of sp³-hybridized carbons (Fsp3) is 0.160. The fourth-order valence-electron chi connectivity index (χ4n) is 5.11. The summed E-state index contributed by atoms with van der Waals surface area (Å²) in [4.78, 5) is 0. The number of guanidine groups is 1. The molecule has 148 valence electrons. The van der Waals surface area contributed by atoms with Crippen molar-refractivity contribution < 1.29 is 0 Å². The minimum Gasteiger partial charge on any atom is -0.325 e. The van der Waals surface area contributed by atoms with Crippen LogP contribution in [0.1, 0.15) is 22.3 Å². The zero-order valence-electron chi connectivity index (χ0n) is 16.2. The summed E-state index contributed by atoms with van der Waals surface area (Å²) < 4.78 is 1.99. The van der Waals surface area contributed by atoms with Crippen molar-refractivity contribution >= 4 is 70.7 Å². The van der Waals surface area contributed by atoms with Crippen LogP contribution in [-0.2, 0) is 25.7 Å². The number of benzene rings is 4. The van der Waals surface area contributed by atoms with Crippen molar-refractivity contribution in [2.24, 2.45) is 0 Å². The molecular weight excluding hydrogens is 502 g/mol. The summed E-state index contributed by atoms with van der Waals surface area (Å²) in [6.07, 6.45) is 4.34. The van der Waals surface area contributed by atoms with Gasteiger partial charge in [-0.2, -0.15) is 0 Å². The van der Waals surface area contributed by atoms with Gasteiger partial charge in [0.2, 0.25) is 0 Å². The molecule has 2 aliphatic carbocycles. The van der Waals surface area contributed by atoms with Gasteiger partial charge in [0.25, 0.3) is 0 Å². The molecule has 0 unspecified atom stereocenters. The van der Waals surface area contributed by atoms with E-state index in [0.717, 1.165) is 46.0 Å². The first-order valence-corrected chi connectivity index (χ1v) is 11.8. The van der Waals surface area contributed by atoms with Gasteiger partial charge in [0.1, 0.15) is 0 Å². The number of aryl methyl sites for hydroxylation is 4. The summed E-state index contributed by atoms with van der Waals surface area (Å²) in [6, 6.07) is 17.3. The minimum atomic E-state index is 0.258. The monoisotopic (exact) mass is 519 g/mol.